The zero-order valence-electron chi connectivity index (χ0n) is 30.9. The molecule has 3 aromatic heterocycles. The van der Waals surface area contributed by atoms with E-state index in [1.165, 1.54) is 16.2 Å². The van der Waals surface area contributed by atoms with Crippen molar-refractivity contribution in [2.75, 3.05) is 0 Å². The van der Waals surface area contributed by atoms with Crippen molar-refractivity contribution < 1.29 is 4.42 Å². The summed E-state index contributed by atoms with van der Waals surface area (Å²) >= 11 is 1.74. The van der Waals surface area contributed by atoms with Crippen LogP contribution in [-0.4, -0.2) is 19.9 Å². The van der Waals surface area contributed by atoms with Crippen LogP contribution >= 0.6 is 11.3 Å². The molecule has 0 saturated heterocycles. The number of hydrogen-bond donors (Lipinski definition) is 0. The summed E-state index contributed by atoms with van der Waals surface area (Å²) in [5.74, 6) is 1.91. The lowest BCUT2D eigenvalue weighted by Gasteiger charge is -2.11. The van der Waals surface area contributed by atoms with Crippen LogP contribution in [0, 0.1) is 0 Å². The Bertz CT molecular complexity index is 3590. The highest BCUT2D eigenvalue weighted by atomic mass is 32.1. The molecule has 0 radical (unpaired) electrons. The molecule has 0 amide bonds. The van der Waals surface area contributed by atoms with Crippen LogP contribution in [0.3, 0.4) is 0 Å². The third-order valence-corrected chi connectivity index (χ3v) is 12.2. The normalized spacial score (nSPS) is 11.8. The first-order valence-electron chi connectivity index (χ1n) is 19.3. The highest BCUT2D eigenvalue weighted by Crippen LogP contribution is 2.46. The average molecular weight is 759 g/mol. The number of para-hydroxylation sites is 1. The Morgan fingerprint density at radius 3 is 1.55 bits per heavy atom. The van der Waals surface area contributed by atoms with E-state index in [4.69, 9.17) is 24.4 Å². The highest BCUT2D eigenvalue weighted by Gasteiger charge is 2.21. The van der Waals surface area contributed by atoms with Crippen LogP contribution in [0.15, 0.2) is 186 Å². The van der Waals surface area contributed by atoms with Crippen LogP contribution < -0.4 is 0 Å². The third-order valence-electron chi connectivity index (χ3n) is 11.1. The number of thiazole rings is 1. The third kappa shape index (κ3) is 5.45. The molecule has 0 aliphatic heterocycles. The van der Waals surface area contributed by atoms with E-state index in [2.05, 4.69) is 140 Å². The summed E-state index contributed by atoms with van der Waals surface area (Å²) in [6, 6.07) is 63.5. The van der Waals surface area contributed by atoms with Gasteiger partial charge in [0.25, 0.3) is 0 Å². The first kappa shape index (κ1) is 32.7. The molecule has 0 saturated carbocycles. The number of aromatic nitrogens is 4. The van der Waals surface area contributed by atoms with Crippen molar-refractivity contribution in [3.05, 3.63) is 182 Å². The maximum Gasteiger partial charge on any atom is 0.164 e. The molecular weight excluding hydrogens is 729 g/mol. The fourth-order valence-electron chi connectivity index (χ4n) is 8.21. The summed E-state index contributed by atoms with van der Waals surface area (Å²) < 4.78 is 7.63. The molecule has 0 N–H and O–H groups in total. The smallest absolute Gasteiger partial charge is 0.164 e. The molecule has 12 rings (SSSR count). The largest absolute Gasteiger partial charge is 0.456 e. The molecule has 0 fully saturated rings. The van der Waals surface area contributed by atoms with E-state index in [-0.39, 0.29) is 0 Å². The van der Waals surface area contributed by atoms with Crippen molar-refractivity contribution in [1.82, 2.24) is 19.9 Å². The predicted octanol–water partition coefficient (Wildman–Crippen LogP) is 14.2. The van der Waals surface area contributed by atoms with Gasteiger partial charge in [0.2, 0.25) is 0 Å². The van der Waals surface area contributed by atoms with Gasteiger partial charge < -0.3 is 4.42 Å². The van der Waals surface area contributed by atoms with Crippen molar-refractivity contribution in [2.45, 2.75) is 0 Å². The monoisotopic (exact) mass is 758 g/mol. The van der Waals surface area contributed by atoms with E-state index in [1.54, 1.807) is 11.3 Å². The molecule has 9 aromatic carbocycles. The first-order valence-corrected chi connectivity index (χ1v) is 20.1. The van der Waals surface area contributed by atoms with Crippen LogP contribution in [0.25, 0.3) is 120 Å². The summed E-state index contributed by atoms with van der Waals surface area (Å²) in [5.41, 5.74) is 8.80. The topological polar surface area (TPSA) is 64.7 Å². The Morgan fingerprint density at radius 1 is 0.362 bits per heavy atom. The van der Waals surface area contributed by atoms with E-state index in [0.29, 0.717) is 17.5 Å². The second-order valence-electron chi connectivity index (χ2n) is 14.7. The molecule has 0 spiro atoms. The minimum Gasteiger partial charge on any atom is -0.456 e. The van der Waals surface area contributed by atoms with Crippen LogP contribution in [0.1, 0.15) is 0 Å². The Balaban J connectivity index is 1.01. The SMILES string of the molecule is c1ccc(-c2nc(-c3ccc4ccccc4c3)nc(-c3ccc4cc(-c5c6sc(-c7ccc8ccccc8c7)nc6cc6oc7ccccc7c56)ccc4c3)n2)cc1. The molecule has 5 nitrogen and oxygen atoms in total. The molecule has 0 bridgehead atoms. The molecule has 0 atom stereocenters. The average Bonchev–Trinajstić information content (AvgIpc) is 3.89. The number of fused-ring (bicyclic) bond motifs is 7. The summed E-state index contributed by atoms with van der Waals surface area (Å²) in [6.07, 6.45) is 0. The Morgan fingerprint density at radius 2 is 0.862 bits per heavy atom. The second kappa shape index (κ2) is 13.0. The first-order chi connectivity index (χ1) is 28.7. The minimum atomic E-state index is 0.630. The van der Waals surface area contributed by atoms with Crippen molar-refractivity contribution >= 4 is 75.8 Å². The summed E-state index contributed by atoms with van der Waals surface area (Å²) in [6.45, 7) is 0. The minimum absolute atomic E-state index is 0.630. The van der Waals surface area contributed by atoms with Crippen LogP contribution in [0.5, 0.6) is 0 Å². The molecule has 6 heteroatoms. The van der Waals surface area contributed by atoms with Gasteiger partial charge in [-0.3, -0.25) is 0 Å². The quantitative estimate of drug-likeness (QED) is 0.175. The van der Waals surface area contributed by atoms with Crippen molar-refractivity contribution in [3.63, 3.8) is 0 Å². The van der Waals surface area contributed by atoms with Gasteiger partial charge in [-0.05, 0) is 68.2 Å². The lowest BCUT2D eigenvalue weighted by atomic mass is 9.96. The molecule has 0 unspecified atom stereocenters. The second-order valence-corrected chi connectivity index (χ2v) is 15.7. The number of furan rings is 1. The van der Waals surface area contributed by atoms with E-state index in [9.17, 15) is 0 Å². The summed E-state index contributed by atoms with van der Waals surface area (Å²) in [7, 11) is 0. The fourth-order valence-corrected chi connectivity index (χ4v) is 9.32. The molecule has 58 heavy (non-hydrogen) atoms. The van der Waals surface area contributed by atoms with Gasteiger partial charge >= 0.3 is 0 Å². The van der Waals surface area contributed by atoms with Crippen LogP contribution in [-0.2, 0) is 0 Å². The van der Waals surface area contributed by atoms with Gasteiger partial charge in [-0.1, -0.05) is 146 Å². The molecule has 0 aliphatic carbocycles. The molecule has 12 aromatic rings. The van der Waals surface area contributed by atoms with Crippen molar-refractivity contribution in [1.29, 1.82) is 0 Å². The van der Waals surface area contributed by atoms with Gasteiger partial charge in [0.1, 0.15) is 16.2 Å². The van der Waals surface area contributed by atoms with Crippen molar-refractivity contribution in [2.24, 2.45) is 0 Å². The zero-order valence-corrected chi connectivity index (χ0v) is 31.7. The zero-order chi connectivity index (χ0) is 38.2. The maximum atomic E-state index is 6.50. The van der Waals surface area contributed by atoms with Gasteiger partial charge in [0, 0.05) is 44.7 Å². The van der Waals surface area contributed by atoms with E-state index >= 15 is 0 Å². The maximum absolute atomic E-state index is 6.50. The lowest BCUT2D eigenvalue weighted by Crippen LogP contribution is -2.00. The van der Waals surface area contributed by atoms with Crippen molar-refractivity contribution in [3.8, 4) is 55.9 Å². The van der Waals surface area contributed by atoms with Crippen LogP contribution in [0.4, 0.5) is 0 Å². The Hall–Kier alpha value is -7.54. The van der Waals surface area contributed by atoms with E-state index < -0.39 is 0 Å². The van der Waals surface area contributed by atoms with E-state index in [1.807, 2.05) is 42.5 Å². The predicted molar refractivity (Wildman–Crippen MR) is 240 cm³/mol. The number of rotatable bonds is 5. The molecular formula is C52H30N4OS. The number of benzene rings is 9. The van der Waals surface area contributed by atoms with Crippen LogP contribution in [0.2, 0.25) is 0 Å². The van der Waals surface area contributed by atoms with Gasteiger partial charge in [-0.2, -0.15) is 0 Å². The summed E-state index contributed by atoms with van der Waals surface area (Å²) in [5, 5.41) is 10.1. The Kier molecular flexibility index (Phi) is 7.33. The van der Waals surface area contributed by atoms with E-state index in [0.717, 1.165) is 86.7 Å². The van der Waals surface area contributed by atoms with Gasteiger partial charge in [-0.25, -0.2) is 19.9 Å². The lowest BCUT2D eigenvalue weighted by molar-refractivity contribution is 0.669. The number of nitrogens with zero attached hydrogens (tertiary/aromatic N) is 4. The fraction of sp³-hybridized carbons (Fsp3) is 0. The van der Waals surface area contributed by atoms with Gasteiger partial charge in [-0.15, -0.1) is 11.3 Å². The van der Waals surface area contributed by atoms with Gasteiger partial charge in [0.15, 0.2) is 17.5 Å². The number of hydrogen-bond acceptors (Lipinski definition) is 6. The Labute approximate surface area is 336 Å². The van der Waals surface area contributed by atoms with Gasteiger partial charge in [0.05, 0.1) is 10.2 Å². The molecule has 270 valence electrons. The molecule has 3 heterocycles. The summed E-state index contributed by atoms with van der Waals surface area (Å²) in [4.78, 5) is 20.3. The molecule has 0 aliphatic rings. The standard InChI is InChI=1S/C52H30N4OS/c1-2-12-33(13-3-1)49-54-50(39-23-18-31-10-4-6-14-34(31)27-39)56-51(55-49)40-24-21-36-26-38(22-20-37(36)28-40)46-47-42-16-8-9-17-44(42)57-45(47)30-43-48(46)58-52(53-43)41-25-19-32-11-5-7-15-35(32)29-41/h1-30H. The highest BCUT2D eigenvalue weighted by molar-refractivity contribution is 7.22.